The summed E-state index contributed by atoms with van der Waals surface area (Å²) in [5.74, 6) is 0.204. The van der Waals surface area contributed by atoms with Gasteiger partial charge in [-0.25, -0.2) is 9.97 Å². The van der Waals surface area contributed by atoms with E-state index in [9.17, 15) is 9.90 Å². The zero-order valence-corrected chi connectivity index (χ0v) is 15.9. The van der Waals surface area contributed by atoms with Crippen molar-refractivity contribution in [1.29, 1.82) is 0 Å². The van der Waals surface area contributed by atoms with Crippen molar-refractivity contribution in [2.24, 2.45) is 5.92 Å². The third-order valence-electron chi connectivity index (χ3n) is 5.79. The number of aromatic nitrogens is 4. The molecular formula is C19H28N6O3. The number of carbonyl (C=O) groups is 1. The molecule has 4 N–H and O–H groups in total. The van der Waals surface area contributed by atoms with Crippen molar-refractivity contribution >= 4 is 5.91 Å². The molecule has 2 aromatic rings. The Morgan fingerprint density at radius 3 is 2.39 bits per heavy atom. The Morgan fingerprint density at radius 2 is 1.82 bits per heavy atom. The Morgan fingerprint density at radius 1 is 1.18 bits per heavy atom. The number of hydrogen-bond donors (Lipinski definition) is 4. The predicted octanol–water partition coefficient (Wildman–Crippen LogP) is 0.570. The van der Waals surface area contributed by atoms with Crippen molar-refractivity contribution in [1.82, 2.24) is 30.2 Å². The summed E-state index contributed by atoms with van der Waals surface area (Å²) in [5, 5.41) is 13.9. The van der Waals surface area contributed by atoms with Gasteiger partial charge in [0.15, 0.2) is 0 Å². The lowest BCUT2D eigenvalue weighted by atomic mass is 10.1. The molecule has 0 radical (unpaired) electrons. The van der Waals surface area contributed by atoms with Gasteiger partial charge in [-0.15, -0.1) is 0 Å². The number of hydrogen-bond acceptors (Lipinski definition) is 6. The number of carbonyl (C=O) groups excluding carboxylic acids is 1. The third-order valence-corrected chi connectivity index (χ3v) is 5.79. The molecule has 3 atom stereocenters. The molecule has 1 aliphatic carbocycles. The Bertz CT molecular complexity index is 693. The molecule has 152 valence electrons. The SMILES string of the molecule is O=C(NC[C@H]1OC[C@@H](N(Cc2cnc[nH]2)Cc2cnc[nH]2)[C@@H]1O)C1CCCC1. The average Bonchev–Trinajstić information content (AvgIpc) is 3.47. The highest BCUT2D eigenvalue weighted by molar-refractivity contribution is 5.78. The second-order valence-corrected chi connectivity index (χ2v) is 7.71. The molecule has 1 saturated carbocycles. The second kappa shape index (κ2) is 8.85. The molecule has 1 amide bonds. The highest BCUT2D eigenvalue weighted by Gasteiger charge is 2.40. The number of aliphatic hydroxyl groups is 1. The van der Waals surface area contributed by atoms with Crippen LogP contribution in [0.15, 0.2) is 25.0 Å². The Hall–Kier alpha value is -2.23. The van der Waals surface area contributed by atoms with Gasteiger partial charge in [0.25, 0.3) is 0 Å². The molecule has 0 bridgehead atoms. The molecule has 9 nitrogen and oxygen atoms in total. The lowest BCUT2D eigenvalue weighted by Gasteiger charge is -2.30. The number of amides is 1. The smallest absolute Gasteiger partial charge is 0.223 e. The largest absolute Gasteiger partial charge is 0.389 e. The molecule has 9 heteroatoms. The van der Waals surface area contributed by atoms with E-state index in [-0.39, 0.29) is 17.9 Å². The summed E-state index contributed by atoms with van der Waals surface area (Å²) >= 11 is 0. The third kappa shape index (κ3) is 4.43. The van der Waals surface area contributed by atoms with Crippen LogP contribution in [0.3, 0.4) is 0 Å². The van der Waals surface area contributed by atoms with Crippen molar-refractivity contribution in [2.45, 2.75) is 57.0 Å². The van der Waals surface area contributed by atoms with Crippen LogP contribution in [0.5, 0.6) is 0 Å². The van der Waals surface area contributed by atoms with Crippen LogP contribution in [-0.4, -0.2) is 67.3 Å². The first-order chi connectivity index (χ1) is 13.7. The van der Waals surface area contributed by atoms with E-state index in [1.165, 1.54) is 0 Å². The monoisotopic (exact) mass is 388 g/mol. The lowest BCUT2D eigenvalue weighted by molar-refractivity contribution is -0.125. The Balaban J connectivity index is 1.37. The van der Waals surface area contributed by atoms with Crippen LogP contribution >= 0.6 is 0 Å². The highest BCUT2D eigenvalue weighted by atomic mass is 16.5. The van der Waals surface area contributed by atoms with Gasteiger partial charge >= 0.3 is 0 Å². The number of H-pyrrole nitrogens is 2. The summed E-state index contributed by atoms with van der Waals surface area (Å²) in [6.07, 6.45) is 9.94. The zero-order chi connectivity index (χ0) is 19.3. The molecular weight excluding hydrogens is 360 g/mol. The minimum absolute atomic E-state index is 0.0866. The standard InChI is InChI=1S/C19H28N6O3/c26-18-16(10-28-17(18)7-22-19(27)13-3-1-2-4-13)25(8-14-5-20-11-23-14)9-15-6-21-12-24-15/h5-6,11-13,16-18,26H,1-4,7-10H2,(H,20,23)(H,21,24)(H,22,27)/t16-,17-,18+/m1/s1. The molecule has 3 heterocycles. The Labute approximate surface area is 163 Å². The van der Waals surface area contributed by atoms with Crippen LogP contribution in [0.1, 0.15) is 37.1 Å². The van der Waals surface area contributed by atoms with Gasteiger partial charge in [-0.1, -0.05) is 12.8 Å². The number of nitrogens with one attached hydrogen (secondary N) is 3. The minimum Gasteiger partial charge on any atom is -0.389 e. The van der Waals surface area contributed by atoms with Crippen LogP contribution in [-0.2, 0) is 22.6 Å². The first-order valence-electron chi connectivity index (χ1n) is 9.96. The van der Waals surface area contributed by atoms with Crippen LogP contribution in [0.25, 0.3) is 0 Å². The van der Waals surface area contributed by atoms with E-state index >= 15 is 0 Å². The van der Waals surface area contributed by atoms with Gasteiger partial charge in [0.1, 0.15) is 6.10 Å². The Kier molecular flexibility index (Phi) is 6.04. The fourth-order valence-electron chi connectivity index (χ4n) is 4.17. The molecule has 2 aliphatic rings. The van der Waals surface area contributed by atoms with Crippen LogP contribution in [0, 0.1) is 5.92 Å². The number of ether oxygens (including phenoxy) is 1. The molecule has 0 aromatic carbocycles. The summed E-state index contributed by atoms with van der Waals surface area (Å²) in [6.45, 7) is 1.96. The number of rotatable bonds is 8. The van der Waals surface area contributed by atoms with Gasteiger partial charge in [0.05, 0.1) is 31.4 Å². The second-order valence-electron chi connectivity index (χ2n) is 7.71. The number of nitrogens with zero attached hydrogens (tertiary/aromatic N) is 3. The molecule has 4 rings (SSSR count). The van der Waals surface area contributed by atoms with E-state index in [1.807, 2.05) is 0 Å². The predicted molar refractivity (Wildman–Crippen MR) is 101 cm³/mol. The van der Waals surface area contributed by atoms with Gasteiger partial charge < -0.3 is 25.1 Å². The molecule has 2 fully saturated rings. The quantitative estimate of drug-likeness (QED) is 0.525. The fourth-order valence-corrected chi connectivity index (χ4v) is 4.17. The number of aliphatic hydroxyl groups excluding tert-OH is 1. The van der Waals surface area contributed by atoms with Gasteiger partial charge in [0.2, 0.25) is 5.91 Å². The molecule has 1 aliphatic heterocycles. The fraction of sp³-hybridized carbons (Fsp3) is 0.632. The molecule has 0 spiro atoms. The van der Waals surface area contributed by atoms with E-state index in [4.69, 9.17) is 4.74 Å². The van der Waals surface area contributed by atoms with Crippen LogP contribution < -0.4 is 5.32 Å². The summed E-state index contributed by atoms with van der Waals surface area (Å²) < 4.78 is 5.85. The molecule has 28 heavy (non-hydrogen) atoms. The normalized spacial score (nSPS) is 25.6. The molecule has 2 aromatic heterocycles. The average molecular weight is 388 g/mol. The van der Waals surface area contributed by atoms with Crippen molar-refractivity contribution in [3.8, 4) is 0 Å². The maximum absolute atomic E-state index is 12.3. The zero-order valence-electron chi connectivity index (χ0n) is 15.9. The number of imidazole rings is 2. The van der Waals surface area contributed by atoms with Gasteiger partial charge in [0, 0.05) is 49.3 Å². The van der Waals surface area contributed by atoms with E-state index in [1.54, 1.807) is 25.0 Å². The summed E-state index contributed by atoms with van der Waals surface area (Å²) in [4.78, 5) is 28.8. The summed E-state index contributed by atoms with van der Waals surface area (Å²) in [7, 11) is 0. The van der Waals surface area contributed by atoms with Crippen molar-refractivity contribution in [2.75, 3.05) is 13.2 Å². The summed E-state index contributed by atoms with van der Waals surface area (Å²) in [5.41, 5.74) is 1.93. The van der Waals surface area contributed by atoms with Crippen LogP contribution in [0.4, 0.5) is 0 Å². The topological polar surface area (TPSA) is 119 Å². The van der Waals surface area contributed by atoms with Gasteiger partial charge in [-0.3, -0.25) is 9.69 Å². The van der Waals surface area contributed by atoms with E-state index < -0.39 is 12.2 Å². The summed E-state index contributed by atoms with van der Waals surface area (Å²) in [6, 6.07) is -0.181. The maximum Gasteiger partial charge on any atom is 0.223 e. The van der Waals surface area contributed by atoms with Gasteiger partial charge in [-0.05, 0) is 12.8 Å². The van der Waals surface area contributed by atoms with E-state index in [2.05, 4.69) is 30.2 Å². The lowest BCUT2D eigenvalue weighted by Crippen LogP contribution is -2.47. The van der Waals surface area contributed by atoms with Crippen LogP contribution in [0.2, 0.25) is 0 Å². The van der Waals surface area contributed by atoms with E-state index in [0.29, 0.717) is 26.2 Å². The van der Waals surface area contributed by atoms with Crippen molar-refractivity contribution < 1.29 is 14.6 Å². The molecule has 1 saturated heterocycles. The van der Waals surface area contributed by atoms with E-state index in [0.717, 1.165) is 37.1 Å². The maximum atomic E-state index is 12.3. The number of aromatic amines is 2. The highest BCUT2D eigenvalue weighted by Crippen LogP contribution is 2.25. The minimum atomic E-state index is -0.685. The van der Waals surface area contributed by atoms with Crippen molar-refractivity contribution in [3.05, 3.63) is 36.4 Å². The van der Waals surface area contributed by atoms with Gasteiger partial charge in [-0.2, -0.15) is 0 Å². The first-order valence-corrected chi connectivity index (χ1v) is 9.96. The first kappa shape index (κ1) is 19.1. The molecule has 0 unspecified atom stereocenters. The van der Waals surface area contributed by atoms with Crippen molar-refractivity contribution in [3.63, 3.8) is 0 Å².